The minimum absolute atomic E-state index is 0.000223. The number of nitrogens with one attached hydrogen (secondary N) is 1. The third-order valence-corrected chi connectivity index (χ3v) is 5.08. The smallest absolute Gasteiger partial charge is 0.312 e. The van der Waals surface area contributed by atoms with Gasteiger partial charge in [0.05, 0.1) is 16.0 Å². The molecule has 3 heterocycles. The summed E-state index contributed by atoms with van der Waals surface area (Å²) in [7, 11) is 0. The summed E-state index contributed by atoms with van der Waals surface area (Å²) in [6.45, 7) is 0. The van der Waals surface area contributed by atoms with Crippen LogP contribution in [-0.4, -0.2) is 32.8 Å². The van der Waals surface area contributed by atoms with Crippen LogP contribution >= 0.6 is 23.4 Å². The summed E-state index contributed by atoms with van der Waals surface area (Å²) in [5, 5.41) is 1.36. The molecule has 1 atom stereocenters. The van der Waals surface area contributed by atoms with E-state index in [0.717, 1.165) is 35.7 Å². The van der Waals surface area contributed by atoms with E-state index in [1.165, 1.54) is 0 Å². The molecule has 1 aliphatic heterocycles. The summed E-state index contributed by atoms with van der Waals surface area (Å²) in [5.41, 5.74) is 1.34. The van der Waals surface area contributed by atoms with Gasteiger partial charge in [-0.1, -0.05) is 23.4 Å². The number of H-pyrrole nitrogens is 1. The van der Waals surface area contributed by atoms with Crippen LogP contribution in [0.25, 0.3) is 11.2 Å². The summed E-state index contributed by atoms with van der Waals surface area (Å²) in [5.74, 6) is 0.710. The largest absolute Gasteiger partial charge is 0.461 e. The highest BCUT2D eigenvalue weighted by molar-refractivity contribution is 7.99. The Morgan fingerprint density at radius 1 is 1.55 bits per heavy atom. The van der Waals surface area contributed by atoms with Crippen molar-refractivity contribution in [1.82, 2.24) is 15.0 Å². The van der Waals surface area contributed by atoms with Crippen molar-refractivity contribution in [2.45, 2.75) is 30.5 Å². The second-order valence-corrected chi connectivity index (χ2v) is 6.83. The van der Waals surface area contributed by atoms with Gasteiger partial charge >= 0.3 is 5.97 Å². The third kappa shape index (κ3) is 2.07. The molecule has 0 amide bonds. The van der Waals surface area contributed by atoms with Crippen LogP contribution in [0.15, 0.2) is 17.4 Å². The van der Waals surface area contributed by atoms with E-state index in [1.807, 2.05) is 0 Å². The van der Waals surface area contributed by atoms with Crippen LogP contribution in [0.2, 0.25) is 5.02 Å². The van der Waals surface area contributed by atoms with E-state index in [9.17, 15) is 4.79 Å². The molecular weight excluding hydrogens is 298 g/mol. The van der Waals surface area contributed by atoms with Crippen LogP contribution in [0.5, 0.6) is 0 Å². The van der Waals surface area contributed by atoms with E-state index in [4.69, 9.17) is 16.3 Å². The van der Waals surface area contributed by atoms with Gasteiger partial charge in [0.25, 0.3) is 0 Å². The van der Waals surface area contributed by atoms with Crippen molar-refractivity contribution >= 4 is 40.5 Å². The number of pyridine rings is 1. The zero-order valence-corrected chi connectivity index (χ0v) is 12.1. The molecule has 0 radical (unpaired) electrons. The number of nitrogens with zero attached hydrogens (tertiary/aromatic N) is 2. The van der Waals surface area contributed by atoms with Crippen molar-refractivity contribution in [1.29, 1.82) is 0 Å². The average molecular weight is 310 g/mol. The van der Waals surface area contributed by atoms with Crippen LogP contribution in [0.1, 0.15) is 19.3 Å². The van der Waals surface area contributed by atoms with Crippen LogP contribution in [-0.2, 0) is 9.53 Å². The number of halogens is 1. The van der Waals surface area contributed by atoms with E-state index < -0.39 is 0 Å². The monoisotopic (exact) mass is 309 g/mol. The van der Waals surface area contributed by atoms with E-state index in [2.05, 4.69) is 15.0 Å². The van der Waals surface area contributed by atoms with E-state index in [0.29, 0.717) is 10.7 Å². The number of hydrogen-bond acceptors (Lipinski definition) is 5. The first kappa shape index (κ1) is 12.5. The topological polar surface area (TPSA) is 67.9 Å². The van der Waals surface area contributed by atoms with Gasteiger partial charge in [-0.15, -0.1) is 0 Å². The SMILES string of the molecule is O=C1OC(CSc2nc3ncc(Cl)cc3[nH]2)CC12CC2. The maximum atomic E-state index is 11.7. The minimum atomic E-state index is -0.131. The summed E-state index contributed by atoms with van der Waals surface area (Å²) in [6.07, 6.45) is 4.40. The number of carbonyl (C=O) groups excluding carboxylic acids is 1. The second-order valence-electron chi connectivity index (χ2n) is 5.39. The quantitative estimate of drug-likeness (QED) is 0.697. The number of imidazole rings is 1. The molecule has 20 heavy (non-hydrogen) atoms. The molecule has 104 valence electrons. The Balaban J connectivity index is 1.44. The number of carbonyl (C=O) groups is 1. The fraction of sp³-hybridized carbons (Fsp3) is 0.462. The number of aromatic amines is 1. The molecule has 1 N–H and O–H groups in total. The lowest BCUT2D eigenvalue weighted by atomic mass is 10.0. The highest BCUT2D eigenvalue weighted by Crippen LogP contribution is 2.55. The molecule has 4 rings (SSSR count). The van der Waals surface area contributed by atoms with Crippen LogP contribution in [0.3, 0.4) is 0 Å². The van der Waals surface area contributed by atoms with Crippen molar-refractivity contribution in [3.8, 4) is 0 Å². The predicted molar refractivity (Wildman–Crippen MR) is 75.8 cm³/mol. The average Bonchev–Trinajstić information content (AvgIpc) is 2.97. The zero-order chi connectivity index (χ0) is 13.7. The van der Waals surface area contributed by atoms with Crippen molar-refractivity contribution < 1.29 is 9.53 Å². The van der Waals surface area contributed by atoms with Gasteiger partial charge in [0.15, 0.2) is 10.8 Å². The zero-order valence-electron chi connectivity index (χ0n) is 10.6. The van der Waals surface area contributed by atoms with Crippen molar-refractivity contribution in [2.24, 2.45) is 5.41 Å². The second kappa shape index (κ2) is 4.36. The molecule has 1 saturated carbocycles. The lowest BCUT2D eigenvalue weighted by Gasteiger charge is -2.06. The molecule has 2 fully saturated rings. The van der Waals surface area contributed by atoms with Gasteiger partial charge in [-0.3, -0.25) is 4.79 Å². The van der Waals surface area contributed by atoms with Gasteiger partial charge in [-0.25, -0.2) is 9.97 Å². The number of hydrogen-bond donors (Lipinski definition) is 1. The van der Waals surface area contributed by atoms with Crippen molar-refractivity contribution in [2.75, 3.05) is 5.75 Å². The number of ether oxygens (including phenoxy) is 1. The molecule has 5 nitrogen and oxygen atoms in total. The Morgan fingerprint density at radius 2 is 2.40 bits per heavy atom. The number of rotatable bonds is 3. The Hall–Kier alpha value is -1.27. The van der Waals surface area contributed by atoms with Crippen LogP contribution < -0.4 is 0 Å². The highest BCUT2D eigenvalue weighted by atomic mass is 35.5. The molecule has 2 aromatic rings. The van der Waals surface area contributed by atoms with Gasteiger partial charge in [-0.2, -0.15) is 0 Å². The molecule has 1 saturated heterocycles. The Labute approximate surface area is 124 Å². The number of thioether (sulfide) groups is 1. The van der Waals surface area contributed by atoms with E-state index in [-0.39, 0.29) is 17.5 Å². The number of esters is 1. The first-order valence-electron chi connectivity index (χ1n) is 6.50. The molecule has 0 bridgehead atoms. The third-order valence-electron chi connectivity index (χ3n) is 3.87. The van der Waals surface area contributed by atoms with Crippen molar-refractivity contribution in [3.63, 3.8) is 0 Å². The lowest BCUT2D eigenvalue weighted by Crippen LogP contribution is -2.09. The van der Waals surface area contributed by atoms with E-state index in [1.54, 1.807) is 24.0 Å². The minimum Gasteiger partial charge on any atom is -0.461 e. The fourth-order valence-corrected chi connectivity index (χ4v) is 3.60. The first-order chi connectivity index (χ1) is 9.64. The first-order valence-corrected chi connectivity index (χ1v) is 7.86. The van der Waals surface area contributed by atoms with Gasteiger partial charge < -0.3 is 9.72 Å². The van der Waals surface area contributed by atoms with Crippen LogP contribution in [0.4, 0.5) is 0 Å². The lowest BCUT2D eigenvalue weighted by molar-refractivity contribution is -0.144. The van der Waals surface area contributed by atoms with Gasteiger partial charge in [0.1, 0.15) is 6.10 Å². The molecule has 0 aromatic carbocycles. The predicted octanol–water partition coefficient (Wildman–Crippen LogP) is 2.80. The molecule has 1 spiro atoms. The Kier molecular flexibility index (Phi) is 2.72. The molecule has 2 aromatic heterocycles. The number of fused-ring (bicyclic) bond motifs is 1. The maximum Gasteiger partial charge on any atom is 0.312 e. The summed E-state index contributed by atoms with van der Waals surface area (Å²) >= 11 is 7.44. The standard InChI is InChI=1S/C13H12ClN3O2S/c14-7-3-9-10(15-5-7)17-12(16-9)20-6-8-4-13(1-2-13)11(18)19-8/h3,5,8H,1-2,4,6H2,(H,15,16,17). The molecular formula is C13H12ClN3O2S. The highest BCUT2D eigenvalue weighted by Gasteiger charge is 2.57. The molecule has 1 unspecified atom stereocenters. The van der Waals surface area contributed by atoms with E-state index >= 15 is 0 Å². The van der Waals surface area contributed by atoms with Crippen molar-refractivity contribution in [3.05, 3.63) is 17.3 Å². The summed E-state index contributed by atoms with van der Waals surface area (Å²) in [4.78, 5) is 23.4. The number of aromatic nitrogens is 3. The van der Waals surface area contributed by atoms with Gasteiger partial charge in [0, 0.05) is 18.4 Å². The Morgan fingerprint density at radius 3 is 3.15 bits per heavy atom. The number of cyclic esters (lactones) is 1. The summed E-state index contributed by atoms with van der Waals surface area (Å²) < 4.78 is 5.42. The summed E-state index contributed by atoms with van der Waals surface area (Å²) in [6, 6.07) is 1.80. The fourth-order valence-electron chi connectivity index (χ4n) is 2.58. The van der Waals surface area contributed by atoms with Gasteiger partial charge in [0.2, 0.25) is 0 Å². The molecule has 2 aliphatic rings. The Bertz CT molecular complexity index is 698. The normalized spacial score (nSPS) is 23.4. The van der Waals surface area contributed by atoms with Gasteiger partial charge in [-0.05, 0) is 18.9 Å². The molecule has 1 aliphatic carbocycles. The van der Waals surface area contributed by atoms with Crippen LogP contribution in [0, 0.1) is 5.41 Å². The maximum absolute atomic E-state index is 11.7. The molecule has 7 heteroatoms.